The summed E-state index contributed by atoms with van der Waals surface area (Å²) >= 11 is 0. The minimum atomic E-state index is -0.280. The van der Waals surface area contributed by atoms with Crippen molar-refractivity contribution in [3.63, 3.8) is 0 Å². The summed E-state index contributed by atoms with van der Waals surface area (Å²) in [5.74, 6) is 1.38. The zero-order valence-electron chi connectivity index (χ0n) is 15.9. The van der Waals surface area contributed by atoms with Gasteiger partial charge in [-0.2, -0.15) is 0 Å². The number of para-hydroxylation sites is 2. The molecule has 1 heterocycles. The second kappa shape index (κ2) is 8.85. The molecule has 0 saturated heterocycles. The summed E-state index contributed by atoms with van der Waals surface area (Å²) in [6.07, 6.45) is 0. The van der Waals surface area contributed by atoms with Crippen LogP contribution in [0.3, 0.4) is 0 Å². The topological polar surface area (TPSA) is 82.6 Å². The van der Waals surface area contributed by atoms with Gasteiger partial charge >= 0.3 is 6.01 Å². The largest absolute Gasteiger partial charge is 0.493 e. The van der Waals surface area contributed by atoms with E-state index in [0.717, 1.165) is 11.4 Å². The maximum atomic E-state index is 12.1. The number of hydrogen-bond acceptors (Lipinski definition) is 6. The van der Waals surface area contributed by atoms with Crippen LogP contribution in [0.4, 0.5) is 5.69 Å². The Balaban J connectivity index is 1.55. The molecule has 28 heavy (non-hydrogen) atoms. The Hall–Kier alpha value is -3.61. The average molecular weight is 379 g/mol. The molecule has 144 valence electrons. The van der Waals surface area contributed by atoms with E-state index in [9.17, 15) is 4.79 Å². The van der Waals surface area contributed by atoms with E-state index in [-0.39, 0.29) is 12.5 Å². The van der Waals surface area contributed by atoms with E-state index in [1.165, 1.54) is 0 Å². The Morgan fingerprint density at radius 2 is 1.61 bits per heavy atom. The van der Waals surface area contributed by atoms with Gasteiger partial charge in [0.25, 0.3) is 5.91 Å². The molecular weight excluding hydrogens is 358 g/mol. The fraction of sp³-hybridized carbons (Fsp3) is 0.190. The summed E-state index contributed by atoms with van der Waals surface area (Å²) in [4.78, 5) is 20.6. The summed E-state index contributed by atoms with van der Waals surface area (Å²) in [5.41, 5.74) is 2.30. The van der Waals surface area contributed by atoms with Gasteiger partial charge in [-0.3, -0.25) is 4.79 Å². The molecule has 0 aliphatic carbocycles. The Morgan fingerprint density at radius 3 is 2.25 bits per heavy atom. The first kappa shape index (κ1) is 19.2. The van der Waals surface area contributed by atoms with Gasteiger partial charge in [0, 0.05) is 17.1 Å². The second-order valence-electron chi connectivity index (χ2n) is 6.05. The predicted octanol–water partition coefficient (Wildman–Crippen LogP) is 3.91. The van der Waals surface area contributed by atoms with Gasteiger partial charge in [-0.05, 0) is 56.3 Å². The molecule has 1 aromatic heterocycles. The zero-order valence-corrected chi connectivity index (χ0v) is 15.9. The number of ether oxygens (including phenoxy) is 3. The first-order valence-corrected chi connectivity index (χ1v) is 8.69. The van der Waals surface area contributed by atoms with E-state index in [0.29, 0.717) is 28.9 Å². The molecule has 0 spiro atoms. The Labute approximate surface area is 163 Å². The van der Waals surface area contributed by atoms with E-state index >= 15 is 0 Å². The number of carbonyl (C=O) groups excluding carboxylic acids is 1. The number of aryl methyl sites for hydroxylation is 2. The van der Waals surface area contributed by atoms with Crippen LogP contribution >= 0.6 is 0 Å². The van der Waals surface area contributed by atoms with Crippen LogP contribution in [0, 0.1) is 13.8 Å². The molecule has 7 heteroatoms. The molecule has 0 saturated carbocycles. The van der Waals surface area contributed by atoms with Crippen molar-refractivity contribution in [1.82, 2.24) is 9.97 Å². The Morgan fingerprint density at radius 1 is 0.964 bits per heavy atom. The van der Waals surface area contributed by atoms with Crippen LogP contribution in [0.15, 0.2) is 54.6 Å². The monoisotopic (exact) mass is 379 g/mol. The number of benzene rings is 2. The maximum absolute atomic E-state index is 12.1. The lowest BCUT2D eigenvalue weighted by Crippen LogP contribution is -2.20. The Kier molecular flexibility index (Phi) is 6.06. The standard InChI is InChI=1S/C21H21N3O4/c1-14-12-15(2)23-21(22-14)28-17-10-8-16(9-11-17)24-20(25)13-27-19-7-5-4-6-18(19)26-3/h4-12H,13H2,1-3H3,(H,24,25). The second-order valence-corrected chi connectivity index (χ2v) is 6.05. The van der Waals surface area contributed by atoms with Gasteiger partial charge in [0.2, 0.25) is 0 Å². The highest BCUT2D eigenvalue weighted by Crippen LogP contribution is 2.26. The van der Waals surface area contributed by atoms with Gasteiger partial charge < -0.3 is 19.5 Å². The van der Waals surface area contributed by atoms with E-state index in [2.05, 4.69) is 15.3 Å². The van der Waals surface area contributed by atoms with Crippen molar-refractivity contribution < 1.29 is 19.0 Å². The van der Waals surface area contributed by atoms with Crippen molar-refractivity contribution in [3.05, 3.63) is 66.0 Å². The summed E-state index contributed by atoms with van der Waals surface area (Å²) in [7, 11) is 1.55. The van der Waals surface area contributed by atoms with Crippen LogP contribution in [0.5, 0.6) is 23.3 Å². The molecule has 1 N–H and O–H groups in total. The molecule has 0 aliphatic heterocycles. The number of amides is 1. The molecule has 0 atom stereocenters. The van der Waals surface area contributed by atoms with Crippen LogP contribution in [-0.4, -0.2) is 29.6 Å². The van der Waals surface area contributed by atoms with Crippen molar-refractivity contribution in [1.29, 1.82) is 0 Å². The van der Waals surface area contributed by atoms with Gasteiger partial charge in [-0.1, -0.05) is 12.1 Å². The number of methoxy groups -OCH3 is 1. The van der Waals surface area contributed by atoms with Gasteiger partial charge in [-0.15, -0.1) is 0 Å². The van der Waals surface area contributed by atoms with Gasteiger partial charge in [-0.25, -0.2) is 9.97 Å². The lowest BCUT2D eigenvalue weighted by atomic mass is 10.3. The molecule has 7 nitrogen and oxygen atoms in total. The van der Waals surface area contributed by atoms with Crippen molar-refractivity contribution in [2.75, 3.05) is 19.0 Å². The van der Waals surface area contributed by atoms with Crippen LogP contribution in [-0.2, 0) is 4.79 Å². The highest BCUT2D eigenvalue weighted by atomic mass is 16.5. The lowest BCUT2D eigenvalue weighted by Gasteiger charge is -2.11. The fourth-order valence-electron chi connectivity index (χ4n) is 2.53. The van der Waals surface area contributed by atoms with Gasteiger partial charge in [0.1, 0.15) is 5.75 Å². The van der Waals surface area contributed by atoms with E-state index < -0.39 is 0 Å². The number of nitrogens with one attached hydrogen (secondary N) is 1. The van der Waals surface area contributed by atoms with Crippen LogP contribution < -0.4 is 19.5 Å². The van der Waals surface area contributed by atoms with Gasteiger partial charge in [0.05, 0.1) is 7.11 Å². The first-order chi connectivity index (χ1) is 13.5. The fourth-order valence-corrected chi connectivity index (χ4v) is 2.53. The molecule has 0 bridgehead atoms. The molecular formula is C21H21N3O4. The van der Waals surface area contributed by atoms with Gasteiger partial charge in [0.15, 0.2) is 18.1 Å². The van der Waals surface area contributed by atoms with Crippen LogP contribution in [0.2, 0.25) is 0 Å². The highest BCUT2D eigenvalue weighted by molar-refractivity contribution is 5.91. The summed E-state index contributed by atoms with van der Waals surface area (Å²) in [6.45, 7) is 3.63. The summed E-state index contributed by atoms with van der Waals surface area (Å²) in [6, 6.07) is 16.3. The quantitative estimate of drug-likeness (QED) is 0.670. The predicted molar refractivity (Wildman–Crippen MR) is 105 cm³/mol. The van der Waals surface area contributed by atoms with Crippen LogP contribution in [0.25, 0.3) is 0 Å². The third-order valence-electron chi connectivity index (χ3n) is 3.74. The molecule has 0 fully saturated rings. The third-order valence-corrected chi connectivity index (χ3v) is 3.74. The van der Waals surface area contributed by atoms with Crippen molar-refractivity contribution >= 4 is 11.6 Å². The normalized spacial score (nSPS) is 10.2. The Bertz CT molecular complexity index is 938. The van der Waals surface area contributed by atoms with Crippen molar-refractivity contribution in [2.45, 2.75) is 13.8 Å². The van der Waals surface area contributed by atoms with E-state index in [1.54, 1.807) is 43.5 Å². The highest BCUT2D eigenvalue weighted by Gasteiger charge is 2.08. The van der Waals surface area contributed by atoms with E-state index in [1.807, 2.05) is 32.0 Å². The molecule has 1 amide bonds. The van der Waals surface area contributed by atoms with Crippen molar-refractivity contribution in [3.8, 4) is 23.3 Å². The maximum Gasteiger partial charge on any atom is 0.322 e. The molecule has 2 aromatic carbocycles. The third kappa shape index (κ3) is 5.20. The number of anilines is 1. The molecule has 3 rings (SSSR count). The smallest absolute Gasteiger partial charge is 0.322 e. The molecule has 3 aromatic rings. The summed E-state index contributed by atoms with van der Waals surface area (Å²) in [5, 5.41) is 2.77. The lowest BCUT2D eigenvalue weighted by molar-refractivity contribution is -0.118. The molecule has 0 unspecified atom stereocenters. The summed E-state index contributed by atoms with van der Waals surface area (Å²) < 4.78 is 16.4. The molecule has 0 aliphatic rings. The minimum Gasteiger partial charge on any atom is -0.493 e. The number of nitrogens with zero attached hydrogens (tertiary/aromatic N) is 2. The average Bonchev–Trinajstić information content (AvgIpc) is 2.67. The van der Waals surface area contributed by atoms with Crippen molar-refractivity contribution in [2.24, 2.45) is 0 Å². The minimum absolute atomic E-state index is 0.130. The van der Waals surface area contributed by atoms with Crippen LogP contribution in [0.1, 0.15) is 11.4 Å². The van der Waals surface area contributed by atoms with E-state index in [4.69, 9.17) is 14.2 Å². The SMILES string of the molecule is COc1ccccc1OCC(=O)Nc1ccc(Oc2nc(C)cc(C)n2)cc1. The number of rotatable bonds is 7. The zero-order chi connectivity index (χ0) is 19.9. The number of aromatic nitrogens is 2. The first-order valence-electron chi connectivity index (χ1n) is 8.69. The number of hydrogen-bond donors (Lipinski definition) is 1. The molecule has 0 radical (unpaired) electrons. The number of carbonyl (C=O) groups is 1.